The number of amides is 1. The Bertz CT molecular complexity index is 245. The number of nitrogens with one attached hydrogen (secondary N) is 1. The molecule has 0 saturated heterocycles. The van der Waals surface area contributed by atoms with Gasteiger partial charge in [-0.25, -0.2) is 4.79 Å². The standard InChI is InChI=1S/C11H21NO4/c1-5-9(14)8(6-7-13)12-10(15)16-11(2,3)4/h8,13H,5-7H2,1-4H3,(H,12,15)/t8-/m0/s1. The molecule has 0 aliphatic heterocycles. The normalized spacial score (nSPS) is 13.1. The van der Waals surface area contributed by atoms with Gasteiger partial charge in [0.05, 0.1) is 6.04 Å². The molecule has 0 saturated carbocycles. The Hall–Kier alpha value is -1.10. The van der Waals surface area contributed by atoms with Gasteiger partial charge in [-0.2, -0.15) is 0 Å². The molecule has 0 aliphatic rings. The molecule has 94 valence electrons. The summed E-state index contributed by atoms with van der Waals surface area (Å²) in [4.78, 5) is 22.8. The molecule has 16 heavy (non-hydrogen) atoms. The molecule has 0 heterocycles. The third-order valence-electron chi connectivity index (χ3n) is 1.85. The molecule has 5 heteroatoms. The van der Waals surface area contributed by atoms with E-state index in [1.165, 1.54) is 0 Å². The van der Waals surface area contributed by atoms with Crippen LogP contribution in [0.3, 0.4) is 0 Å². The summed E-state index contributed by atoms with van der Waals surface area (Å²) < 4.78 is 5.03. The molecule has 0 unspecified atom stereocenters. The van der Waals surface area contributed by atoms with Crippen molar-refractivity contribution in [1.29, 1.82) is 0 Å². The highest BCUT2D eigenvalue weighted by Gasteiger charge is 2.22. The molecule has 0 rings (SSSR count). The van der Waals surface area contributed by atoms with Crippen molar-refractivity contribution >= 4 is 11.9 Å². The third kappa shape index (κ3) is 6.40. The van der Waals surface area contributed by atoms with Crippen LogP contribution < -0.4 is 5.32 Å². The lowest BCUT2D eigenvalue weighted by atomic mass is 10.1. The van der Waals surface area contributed by atoms with E-state index in [0.29, 0.717) is 6.42 Å². The van der Waals surface area contributed by atoms with E-state index >= 15 is 0 Å². The fourth-order valence-electron chi connectivity index (χ4n) is 1.14. The van der Waals surface area contributed by atoms with Gasteiger partial charge in [0, 0.05) is 13.0 Å². The second kappa shape index (κ2) is 6.48. The molecule has 0 radical (unpaired) electrons. The van der Waals surface area contributed by atoms with Crippen molar-refractivity contribution in [2.45, 2.75) is 52.2 Å². The Labute approximate surface area is 96.2 Å². The lowest BCUT2D eigenvalue weighted by Gasteiger charge is -2.22. The molecule has 0 aromatic carbocycles. The van der Waals surface area contributed by atoms with E-state index in [9.17, 15) is 9.59 Å². The predicted octanol–water partition coefficient (Wildman–Crippen LogP) is 1.24. The van der Waals surface area contributed by atoms with Crippen LogP contribution in [0, 0.1) is 0 Å². The molecule has 1 atom stereocenters. The summed E-state index contributed by atoms with van der Waals surface area (Å²) in [7, 11) is 0. The number of Topliss-reactive ketones (excluding diaryl/α,β-unsaturated/α-hetero) is 1. The van der Waals surface area contributed by atoms with Crippen molar-refractivity contribution in [2.24, 2.45) is 0 Å². The van der Waals surface area contributed by atoms with Crippen LogP contribution in [0.4, 0.5) is 4.79 Å². The van der Waals surface area contributed by atoms with Gasteiger partial charge in [0.2, 0.25) is 0 Å². The van der Waals surface area contributed by atoms with Gasteiger partial charge in [0.15, 0.2) is 5.78 Å². The predicted molar refractivity (Wildman–Crippen MR) is 60.2 cm³/mol. The van der Waals surface area contributed by atoms with E-state index in [1.807, 2.05) is 0 Å². The molecule has 1 amide bonds. The highest BCUT2D eigenvalue weighted by atomic mass is 16.6. The van der Waals surface area contributed by atoms with Crippen molar-refractivity contribution in [3.05, 3.63) is 0 Å². The zero-order valence-corrected chi connectivity index (χ0v) is 10.4. The number of aliphatic hydroxyl groups is 1. The Morgan fingerprint density at radius 3 is 2.31 bits per heavy atom. The highest BCUT2D eigenvalue weighted by molar-refractivity contribution is 5.87. The lowest BCUT2D eigenvalue weighted by Crippen LogP contribution is -2.43. The van der Waals surface area contributed by atoms with Crippen molar-refractivity contribution in [2.75, 3.05) is 6.61 Å². The number of aliphatic hydroxyl groups excluding tert-OH is 1. The molecule has 0 spiro atoms. The Morgan fingerprint density at radius 2 is 1.94 bits per heavy atom. The highest BCUT2D eigenvalue weighted by Crippen LogP contribution is 2.07. The fraction of sp³-hybridized carbons (Fsp3) is 0.818. The zero-order chi connectivity index (χ0) is 12.8. The summed E-state index contributed by atoms with van der Waals surface area (Å²) in [5.74, 6) is -0.111. The Balaban J connectivity index is 4.29. The largest absolute Gasteiger partial charge is 0.444 e. The molecule has 0 bridgehead atoms. The minimum Gasteiger partial charge on any atom is -0.444 e. The van der Waals surface area contributed by atoms with Gasteiger partial charge >= 0.3 is 6.09 Å². The van der Waals surface area contributed by atoms with Gasteiger partial charge in [-0.3, -0.25) is 4.79 Å². The summed E-state index contributed by atoms with van der Waals surface area (Å²) in [5, 5.41) is 11.2. The average Bonchev–Trinajstić information content (AvgIpc) is 2.13. The molecule has 5 nitrogen and oxygen atoms in total. The van der Waals surface area contributed by atoms with Crippen molar-refractivity contribution in [3.63, 3.8) is 0 Å². The van der Waals surface area contributed by atoms with Crippen molar-refractivity contribution in [3.8, 4) is 0 Å². The number of rotatable bonds is 5. The van der Waals surface area contributed by atoms with Gasteiger partial charge in [-0.15, -0.1) is 0 Å². The van der Waals surface area contributed by atoms with E-state index in [-0.39, 0.29) is 18.8 Å². The van der Waals surface area contributed by atoms with Crippen LogP contribution in [0.5, 0.6) is 0 Å². The van der Waals surface area contributed by atoms with Gasteiger partial charge in [-0.05, 0) is 27.2 Å². The van der Waals surface area contributed by atoms with E-state index in [0.717, 1.165) is 0 Å². The summed E-state index contributed by atoms with van der Waals surface area (Å²) in [6, 6.07) is -0.662. The van der Waals surface area contributed by atoms with Crippen molar-refractivity contribution < 1.29 is 19.4 Å². The Morgan fingerprint density at radius 1 is 1.38 bits per heavy atom. The maximum absolute atomic E-state index is 11.4. The van der Waals surface area contributed by atoms with Crippen LogP contribution in [0.2, 0.25) is 0 Å². The summed E-state index contributed by atoms with van der Waals surface area (Å²) >= 11 is 0. The summed E-state index contributed by atoms with van der Waals surface area (Å²) in [6.07, 6.45) is -0.0976. The maximum atomic E-state index is 11.4. The average molecular weight is 231 g/mol. The minimum atomic E-state index is -0.662. The quantitative estimate of drug-likeness (QED) is 0.746. The third-order valence-corrected chi connectivity index (χ3v) is 1.85. The van der Waals surface area contributed by atoms with Crippen LogP contribution in [0.1, 0.15) is 40.5 Å². The molecule has 0 aromatic heterocycles. The maximum Gasteiger partial charge on any atom is 0.408 e. The van der Waals surface area contributed by atoms with Gasteiger partial charge in [0.25, 0.3) is 0 Å². The molecule has 2 N–H and O–H groups in total. The van der Waals surface area contributed by atoms with Gasteiger partial charge in [-0.1, -0.05) is 6.92 Å². The topological polar surface area (TPSA) is 75.6 Å². The van der Waals surface area contributed by atoms with Crippen LogP contribution in [-0.2, 0) is 9.53 Å². The number of hydrogen-bond acceptors (Lipinski definition) is 4. The Kier molecular flexibility index (Phi) is 6.03. The monoisotopic (exact) mass is 231 g/mol. The SMILES string of the molecule is CCC(=O)[C@H](CCO)NC(=O)OC(C)(C)C. The molecular weight excluding hydrogens is 210 g/mol. The summed E-state index contributed by atoms with van der Waals surface area (Å²) in [6.45, 7) is 6.80. The minimum absolute atomic E-state index is 0.111. The fourth-order valence-corrected chi connectivity index (χ4v) is 1.14. The molecular formula is C11H21NO4. The van der Waals surface area contributed by atoms with Crippen molar-refractivity contribution in [1.82, 2.24) is 5.32 Å². The van der Waals surface area contributed by atoms with Crippen LogP contribution in [0.15, 0.2) is 0 Å². The van der Waals surface area contributed by atoms with E-state index < -0.39 is 17.7 Å². The molecule has 0 fully saturated rings. The second-order valence-corrected chi connectivity index (χ2v) is 4.53. The van der Waals surface area contributed by atoms with E-state index in [1.54, 1.807) is 27.7 Å². The number of carbonyl (C=O) groups excluding carboxylic acids is 2. The first-order chi connectivity index (χ1) is 7.30. The second-order valence-electron chi connectivity index (χ2n) is 4.53. The van der Waals surface area contributed by atoms with Crippen LogP contribution in [0.25, 0.3) is 0 Å². The first-order valence-electron chi connectivity index (χ1n) is 5.43. The number of ketones is 1. The van der Waals surface area contributed by atoms with E-state index in [4.69, 9.17) is 9.84 Å². The molecule has 0 aromatic rings. The van der Waals surface area contributed by atoms with Gasteiger partial charge < -0.3 is 15.2 Å². The zero-order valence-electron chi connectivity index (χ0n) is 10.4. The van der Waals surface area contributed by atoms with Crippen LogP contribution >= 0.6 is 0 Å². The van der Waals surface area contributed by atoms with Gasteiger partial charge in [0.1, 0.15) is 5.60 Å². The first-order valence-corrected chi connectivity index (χ1v) is 5.43. The van der Waals surface area contributed by atoms with Crippen LogP contribution in [-0.4, -0.2) is 35.2 Å². The summed E-state index contributed by atoms with van der Waals surface area (Å²) in [5.41, 5.74) is -0.594. The molecule has 0 aliphatic carbocycles. The smallest absolute Gasteiger partial charge is 0.408 e. The first kappa shape index (κ1) is 14.9. The lowest BCUT2D eigenvalue weighted by molar-refractivity contribution is -0.121. The number of carbonyl (C=O) groups is 2. The number of hydrogen-bond donors (Lipinski definition) is 2. The number of ether oxygens (including phenoxy) is 1. The number of alkyl carbamates (subject to hydrolysis) is 1. The van der Waals surface area contributed by atoms with E-state index in [2.05, 4.69) is 5.32 Å².